The molecule has 0 bridgehead atoms. The number of ether oxygens (including phenoxy) is 1. The number of nitrogens with one attached hydrogen (secondary N) is 1. The molecular formula is C12H12F4N2O. The Labute approximate surface area is 107 Å². The fraction of sp³-hybridized carbons (Fsp3) is 0.417. The Morgan fingerprint density at radius 1 is 1.42 bits per heavy atom. The second-order valence-corrected chi connectivity index (χ2v) is 3.81. The Morgan fingerprint density at radius 2 is 2.11 bits per heavy atom. The van der Waals surface area contributed by atoms with Gasteiger partial charge in [-0.25, -0.2) is 8.78 Å². The first-order valence-corrected chi connectivity index (χ1v) is 5.34. The Hall–Kier alpha value is -1.81. The normalized spacial score (nSPS) is 11.4. The van der Waals surface area contributed by atoms with Crippen molar-refractivity contribution in [2.24, 2.45) is 0 Å². The molecule has 1 aromatic rings. The first kappa shape index (κ1) is 15.2. The van der Waals surface area contributed by atoms with Crippen LogP contribution in [0.25, 0.3) is 0 Å². The average molecular weight is 276 g/mol. The molecule has 19 heavy (non-hydrogen) atoms. The summed E-state index contributed by atoms with van der Waals surface area (Å²) in [5.41, 5.74) is 0.782. The third-order valence-corrected chi connectivity index (χ3v) is 2.39. The molecule has 3 nitrogen and oxygen atoms in total. The van der Waals surface area contributed by atoms with Gasteiger partial charge in [0.2, 0.25) is 0 Å². The number of rotatable bonds is 6. The fourth-order valence-electron chi connectivity index (χ4n) is 1.40. The maximum atomic E-state index is 12.6. The molecule has 0 saturated heterocycles. The first-order valence-electron chi connectivity index (χ1n) is 5.34. The summed E-state index contributed by atoms with van der Waals surface area (Å²) in [6.07, 6.45) is -3.70. The Balaban J connectivity index is 2.62. The van der Waals surface area contributed by atoms with Crippen LogP contribution in [0.2, 0.25) is 0 Å². The van der Waals surface area contributed by atoms with Gasteiger partial charge in [0.25, 0.3) is 0 Å². The number of methoxy groups -OCH3 is 1. The summed E-state index contributed by atoms with van der Waals surface area (Å²) in [6.45, 7) is -1.17. The highest BCUT2D eigenvalue weighted by Crippen LogP contribution is 2.22. The molecule has 0 fully saturated rings. The van der Waals surface area contributed by atoms with Gasteiger partial charge < -0.3 is 10.1 Å². The molecule has 0 radical (unpaired) electrons. The van der Waals surface area contributed by atoms with Crippen molar-refractivity contribution >= 4 is 0 Å². The zero-order valence-corrected chi connectivity index (χ0v) is 10.1. The number of halogens is 4. The van der Waals surface area contributed by atoms with Crippen molar-refractivity contribution in [1.29, 1.82) is 5.26 Å². The Morgan fingerprint density at radius 3 is 2.63 bits per heavy atom. The lowest BCUT2D eigenvalue weighted by Crippen LogP contribution is -2.38. The summed E-state index contributed by atoms with van der Waals surface area (Å²) in [5, 5.41) is 11.1. The molecular weight excluding hydrogens is 264 g/mol. The predicted octanol–water partition coefficient (Wildman–Crippen LogP) is 2.56. The predicted molar refractivity (Wildman–Crippen MR) is 60.4 cm³/mol. The summed E-state index contributed by atoms with van der Waals surface area (Å²) in [4.78, 5) is 0. The van der Waals surface area contributed by atoms with Gasteiger partial charge in [-0.15, -0.1) is 0 Å². The van der Waals surface area contributed by atoms with Crippen LogP contribution in [0, 0.1) is 11.3 Å². The molecule has 104 valence electrons. The van der Waals surface area contributed by atoms with Crippen molar-refractivity contribution in [3.05, 3.63) is 29.3 Å². The fourth-order valence-corrected chi connectivity index (χ4v) is 1.40. The smallest absolute Gasteiger partial charge is 0.319 e. The standard InChI is InChI=1S/C12H12F4N2O/c1-19-10-3-2-8(4-9(10)5-17)6-18-7-12(15,16)11(13)14/h2-4,11,18H,6-7H2,1H3. The van der Waals surface area contributed by atoms with Crippen molar-refractivity contribution in [1.82, 2.24) is 5.32 Å². The lowest BCUT2D eigenvalue weighted by atomic mass is 10.1. The van der Waals surface area contributed by atoms with E-state index in [-0.39, 0.29) is 12.1 Å². The molecule has 1 N–H and O–H groups in total. The van der Waals surface area contributed by atoms with Crippen molar-refractivity contribution in [2.45, 2.75) is 18.9 Å². The Bertz CT molecular complexity index is 471. The molecule has 0 aliphatic rings. The molecule has 0 spiro atoms. The number of hydrogen-bond acceptors (Lipinski definition) is 3. The van der Waals surface area contributed by atoms with Gasteiger partial charge in [0, 0.05) is 6.54 Å². The van der Waals surface area contributed by atoms with Gasteiger partial charge >= 0.3 is 12.3 Å². The lowest BCUT2D eigenvalue weighted by molar-refractivity contribution is -0.125. The van der Waals surface area contributed by atoms with Crippen LogP contribution in [0.3, 0.4) is 0 Å². The van der Waals surface area contributed by atoms with Crippen LogP contribution >= 0.6 is 0 Å². The van der Waals surface area contributed by atoms with E-state index in [4.69, 9.17) is 10.00 Å². The van der Waals surface area contributed by atoms with Crippen LogP contribution in [-0.2, 0) is 6.54 Å². The largest absolute Gasteiger partial charge is 0.495 e. The van der Waals surface area contributed by atoms with Gasteiger partial charge in [-0.05, 0) is 17.7 Å². The molecule has 0 heterocycles. The minimum Gasteiger partial charge on any atom is -0.495 e. The molecule has 7 heteroatoms. The second-order valence-electron chi connectivity index (χ2n) is 3.81. The SMILES string of the molecule is COc1ccc(CNCC(F)(F)C(F)F)cc1C#N. The maximum absolute atomic E-state index is 12.6. The maximum Gasteiger partial charge on any atom is 0.319 e. The van der Waals surface area contributed by atoms with Gasteiger partial charge in [0.05, 0.1) is 19.2 Å². The average Bonchev–Trinajstić information content (AvgIpc) is 2.38. The number of nitriles is 1. The lowest BCUT2D eigenvalue weighted by Gasteiger charge is -2.16. The molecule has 0 unspecified atom stereocenters. The molecule has 0 aliphatic heterocycles. The van der Waals surface area contributed by atoms with E-state index in [1.54, 1.807) is 6.07 Å². The molecule has 0 saturated carbocycles. The zero-order valence-electron chi connectivity index (χ0n) is 10.1. The van der Waals surface area contributed by atoms with Gasteiger partial charge in [-0.3, -0.25) is 0 Å². The summed E-state index contributed by atoms with van der Waals surface area (Å²) in [5.74, 6) is -3.70. The summed E-state index contributed by atoms with van der Waals surface area (Å²) in [6, 6.07) is 6.42. The molecule has 0 amide bonds. The molecule has 1 aromatic carbocycles. The van der Waals surface area contributed by atoms with Crippen LogP contribution in [0.5, 0.6) is 5.75 Å². The van der Waals surface area contributed by atoms with Crippen molar-refractivity contribution < 1.29 is 22.3 Å². The van der Waals surface area contributed by atoms with E-state index in [1.165, 1.54) is 19.2 Å². The minimum absolute atomic E-state index is 0.0407. The summed E-state index contributed by atoms with van der Waals surface area (Å²) in [7, 11) is 1.40. The highest BCUT2D eigenvalue weighted by atomic mass is 19.3. The van der Waals surface area contributed by atoms with Crippen LogP contribution in [-0.4, -0.2) is 26.0 Å². The molecule has 0 aromatic heterocycles. The van der Waals surface area contributed by atoms with Crippen LogP contribution in [0.1, 0.15) is 11.1 Å². The Kier molecular flexibility index (Phi) is 5.12. The molecule has 1 rings (SSSR count). The van der Waals surface area contributed by atoms with Crippen LogP contribution in [0.4, 0.5) is 17.6 Å². The van der Waals surface area contributed by atoms with E-state index >= 15 is 0 Å². The second kappa shape index (κ2) is 6.38. The van der Waals surface area contributed by atoms with E-state index in [9.17, 15) is 17.6 Å². The third-order valence-electron chi connectivity index (χ3n) is 2.39. The minimum atomic E-state index is -4.06. The van der Waals surface area contributed by atoms with Gasteiger partial charge in [0.15, 0.2) is 0 Å². The topological polar surface area (TPSA) is 45.0 Å². The number of nitrogens with zero attached hydrogens (tertiary/aromatic N) is 1. The highest BCUT2D eigenvalue weighted by Gasteiger charge is 2.39. The van der Waals surface area contributed by atoms with E-state index in [0.717, 1.165) is 0 Å². The monoisotopic (exact) mass is 276 g/mol. The van der Waals surface area contributed by atoms with Crippen molar-refractivity contribution in [2.75, 3.05) is 13.7 Å². The van der Waals surface area contributed by atoms with Gasteiger partial charge in [-0.2, -0.15) is 14.0 Å². The van der Waals surface area contributed by atoms with Crippen LogP contribution < -0.4 is 10.1 Å². The van der Waals surface area contributed by atoms with Gasteiger partial charge in [-0.1, -0.05) is 6.07 Å². The van der Waals surface area contributed by atoms with E-state index in [2.05, 4.69) is 5.32 Å². The first-order chi connectivity index (χ1) is 8.90. The van der Waals surface area contributed by atoms with Crippen molar-refractivity contribution in [3.8, 4) is 11.8 Å². The van der Waals surface area contributed by atoms with Gasteiger partial charge in [0.1, 0.15) is 11.8 Å². The quantitative estimate of drug-likeness (QED) is 0.812. The number of hydrogen-bond donors (Lipinski definition) is 1. The number of alkyl halides is 4. The summed E-state index contributed by atoms with van der Waals surface area (Å²) >= 11 is 0. The van der Waals surface area contributed by atoms with E-state index in [0.29, 0.717) is 11.3 Å². The zero-order chi connectivity index (χ0) is 14.5. The van der Waals surface area contributed by atoms with Crippen molar-refractivity contribution in [3.63, 3.8) is 0 Å². The molecule has 0 aliphatic carbocycles. The summed E-state index contributed by atoms with van der Waals surface area (Å²) < 4.78 is 54.0. The highest BCUT2D eigenvalue weighted by molar-refractivity contribution is 5.45. The van der Waals surface area contributed by atoms with E-state index in [1.807, 2.05) is 6.07 Å². The number of benzene rings is 1. The molecule has 0 atom stereocenters. The van der Waals surface area contributed by atoms with E-state index < -0.39 is 18.9 Å². The van der Waals surface area contributed by atoms with Crippen LogP contribution in [0.15, 0.2) is 18.2 Å². The third kappa shape index (κ3) is 4.10.